The van der Waals surface area contributed by atoms with Crippen molar-refractivity contribution < 1.29 is 19.1 Å². The molecule has 164 valence electrons. The van der Waals surface area contributed by atoms with Crippen LogP contribution in [0.5, 0.6) is 5.75 Å². The van der Waals surface area contributed by atoms with Gasteiger partial charge in [-0.15, -0.1) is 0 Å². The summed E-state index contributed by atoms with van der Waals surface area (Å²) in [5.74, 6) is 1.02. The van der Waals surface area contributed by atoms with E-state index in [0.717, 1.165) is 48.1 Å². The quantitative estimate of drug-likeness (QED) is 0.621. The van der Waals surface area contributed by atoms with Crippen molar-refractivity contribution in [2.24, 2.45) is 0 Å². The molecule has 2 unspecified atom stereocenters. The zero-order chi connectivity index (χ0) is 22.2. The molecular formula is C25H30N2O4. The Morgan fingerprint density at radius 1 is 1.23 bits per heavy atom. The second-order valence-electron chi connectivity index (χ2n) is 9.56. The van der Waals surface area contributed by atoms with Crippen LogP contribution in [0.2, 0.25) is 0 Å². The zero-order valence-electron chi connectivity index (χ0n) is 18.7. The highest BCUT2D eigenvalue weighted by molar-refractivity contribution is 5.76. The molecule has 0 saturated carbocycles. The fourth-order valence-electron chi connectivity index (χ4n) is 4.54. The van der Waals surface area contributed by atoms with Gasteiger partial charge in [0.25, 0.3) is 0 Å². The molecule has 4 rings (SSSR count). The largest absolute Gasteiger partial charge is 0.485 e. The topological polar surface area (TPSA) is 68.7 Å². The molecule has 31 heavy (non-hydrogen) atoms. The second-order valence-corrected chi connectivity index (χ2v) is 9.56. The van der Waals surface area contributed by atoms with Crippen LogP contribution >= 0.6 is 0 Å². The lowest BCUT2D eigenvalue weighted by Gasteiger charge is -2.32. The molecule has 1 fully saturated rings. The van der Waals surface area contributed by atoms with Crippen molar-refractivity contribution in [3.63, 3.8) is 0 Å². The Labute approximate surface area is 183 Å². The fraction of sp³-hybridized carbons (Fsp3) is 0.480. The number of nitrogens with zero attached hydrogens (tertiary/aromatic N) is 2. The van der Waals surface area contributed by atoms with Gasteiger partial charge < -0.3 is 14.4 Å². The van der Waals surface area contributed by atoms with Gasteiger partial charge in [-0.3, -0.25) is 9.78 Å². The van der Waals surface area contributed by atoms with Gasteiger partial charge in [0.05, 0.1) is 11.9 Å². The predicted molar refractivity (Wildman–Crippen MR) is 118 cm³/mol. The average molecular weight is 423 g/mol. The molecule has 0 N–H and O–H groups in total. The van der Waals surface area contributed by atoms with Crippen molar-refractivity contribution in [3.05, 3.63) is 47.7 Å². The SMILES string of the molecule is CC1c2cc(-c3ccc(C=O)cc3)ncc2OC12CCCN(C(=O)OC(C)(C)C)CC2. The molecule has 1 saturated heterocycles. The number of fused-ring (bicyclic) bond motifs is 1. The molecule has 0 bridgehead atoms. The summed E-state index contributed by atoms with van der Waals surface area (Å²) in [4.78, 5) is 29.9. The van der Waals surface area contributed by atoms with Crippen LogP contribution in [0.4, 0.5) is 4.79 Å². The van der Waals surface area contributed by atoms with E-state index >= 15 is 0 Å². The molecule has 3 heterocycles. The number of likely N-dealkylation sites (tertiary alicyclic amines) is 1. The molecule has 0 radical (unpaired) electrons. The van der Waals surface area contributed by atoms with E-state index in [1.54, 1.807) is 23.2 Å². The summed E-state index contributed by atoms with van der Waals surface area (Å²) in [6.45, 7) is 9.16. The van der Waals surface area contributed by atoms with E-state index in [4.69, 9.17) is 9.47 Å². The van der Waals surface area contributed by atoms with Gasteiger partial charge in [0.15, 0.2) is 0 Å². The van der Waals surface area contributed by atoms with Gasteiger partial charge >= 0.3 is 6.09 Å². The van der Waals surface area contributed by atoms with Crippen LogP contribution in [0.1, 0.15) is 68.8 Å². The minimum atomic E-state index is -0.500. The highest BCUT2D eigenvalue weighted by atomic mass is 16.6. The lowest BCUT2D eigenvalue weighted by atomic mass is 9.80. The van der Waals surface area contributed by atoms with E-state index < -0.39 is 5.60 Å². The molecule has 0 aliphatic carbocycles. The van der Waals surface area contributed by atoms with Crippen LogP contribution < -0.4 is 4.74 Å². The molecule has 2 aromatic rings. The lowest BCUT2D eigenvalue weighted by molar-refractivity contribution is 0.0222. The van der Waals surface area contributed by atoms with E-state index in [1.165, 1.54) is 0 Å². The standard InChI is InChI=1S/C25H30N2O4/c1-17-20-14-21(19-8-6-18(16-28)7-9-19)26-15-22(20)30-25(17)10-5-12-27(13-11-25)23(29)31-24(2,3)4/h6-9,14-17H,5,10-13H2,1-4H3. The van der Waals surface area contributed by atoms with E-state index in [9.17, 15) is 9.59 Å². The normalized spacial score (nSPS) is 23.1. The summed E-state index contributed by atoms with van der Waals surface area (Å²) in [5.41, 5.74) is 2.80. The van der Waals surface area contributed by atoms with Crippen molar-refractivity contribution in [3.8, 4) is 17.0 Å². The molecule has 1 aromatic heterocycles. The van der Waals surface area contributed by atoms with Crippen molar-refractivity contribution in [1.29, 1.82) is 0 Å². The minimum absolute atomic E-state index is 0.192. The third-order valence-electron chi connectivity index (χ3n) is 6.29. The number of carbonyl (C=O) groups excluding carboxylic acids is 2. The molecule has 2 atom stereocenters. The Morgan fingerprint density at radius 2 is 1.97 bits per heavy atom. The number of benzene rings is 1. The maximum atomic E-state index is 12.5. The summed E-state index contributed by atoms with van der Waals surface area (Å²) in [5, 5.41) is 0. The van der Waals surface area contributed by atoms with E-state index in [1.807, 2.05) is 32.9 Å². The highest BCUT2D eigenvalue weighted by Crippen LogP contribution is 2.50. The number of hydrogen-bond donors (Lipinski definition) is 0. The first-order valence-corrected chi connectivity index (χ1v) is 10.9. The Hall–Kier alpha value is -2.89. The number of carbonyl (C=O) groups is 2. The predicted octanol–water partition coefficient (Wildman–Crippen LogP) is 5.22. The second kappa shape index (κ2) is 7.98. The Kier molecular flexibility index (Phi) is 5.50. The van der Waals surface area contributed by atoms with Gasteiger partial charge in [0.2, 0.25) is 0 Å². The third-order valence-corrected chi connectivity index (χ3v) is 6.29. The first-order chi connectivity index (χ1) is 14.7. The first kappa shape index (κ1) is 21.3. The Bertz CT molecular complexity index is 980. The van der Waals surface area contributed by atoms with Crippen LogP contribution in [0.15, 0.2) is 36.5 Å². The summed E-state index contributed by atoms with van der Waals surface area (Å²) in [6.07, 6.45) is 4.89. The zero-order valence-corrected chi connectivity index (χ0v) is 18.7. The monoisotopic (exact) mass is 422 g/mol. The van der Waals surface area contributed by atoms with E-state index in [2.05, 4.69) is 18.0 Å². The number of aldehydes is 1. The smallest absolute Gasteiger partial charge is 0.410 e. The maximum absolute atomic E-state index is 12.5. The van der Waals surface area contributed by atoms with Crippen molar-refractivity contribution in [2.45, 2.75) is 64.1 Å². The summed E-state index contributed by atoms with van der Waals surface area (Å²) >= 11 is 0. The highest BCUT2D eigenvalue weighted by Gasteiger charge is 2.47. The Balaban J connectivity index is 1.52. The molecule has 2 aliphatic heterocycles. The molecule has 1 aromatic carbocycles. The molecule has 6 nitrogen and oxygen atoms in total. The number of ether oxygens (including phenoxy) is 2. The minimum Gasteiger partial charge on any atom is -0.485 e. The number of rotatable bonds is 2. The molecule has 1 spiro atoms. The van der Waals surface area contributed by atoms with Gasteiger partial charge in [-0.2, -0.15) is 0 Å². The number of pyridine rings is 1. The number of amides is 1. The van der Waals surface area contributed by atoms with Gasteiger partial charge in [0.1, 0.15) is 23.2 Å². The number of hydrogen-bond acceptors (Lipinski definition) is 5. The number of aromatic nitrogens is 1. The van der Waals surface area contributed by atoms with E-state index in [-0.39, 0.29) is 17.6 Å². The van der Waals surface area contributed by atoms with Crippen LogP contribution in [-0.2, 0) is 4.74 Å². The van der Waals surface area contributed by atoms with Crippen LogP contribution in [0, 0.1) is 0 Å². The van der Waals surface area contributed by atoms with Gasteiger partial charge in [-0.25, -0.2) is 4.79 Å². The third kappa shape index (κ3) is 4.29. The van der Waals surface area contributed by atoms with Crippen LogP contribution in [0.25, 0.3) is 11.3 Å². The van der Waals surface area contributed by atoms with Gasteiger partial charge in [-0.05, 0) is 39.7 Å². The van der Waals surface area contributed by atoms with Crippen molar-refractivity contribution in [1.82, 2.24) is 9.88 Å². The van der Waals surface area contributed by atoms with E-state index in [0.29, 0.717) is 18.7 Å². The van der Waals surface area contributed by atoms with Crippen molar-refractivity contribution >= 4 is 12.4 Å². The molecular weight excluding hydrogens is 392 g/mol. The summed E-state index contributed by atoms with van der Waals surface area (Å²) in [6, 6.07) is 9.53. The van der Waals surface area contributed by atoms with Gasteiger partial charge in [0, 0.05) is 42.1 Å². The maximum Gasteiger partial charge on any atom is 0.410 e. The molecule has 1 amide bonds. The van der Waals surface area contributed by atoms with Crippen molar-refractivity contribution in [2.75, 3.05) is 13.1 Å². The first-order valence-electron chi connectivity index (χ1n) is 10.9. The average Bonchev–Trinajstić information content (AvgIpc) is 2.87. The fourth-order valence-corrected chi connectivity index (χ4v) is 4.54. The summed E-state index contributed by atoms with van der Waals surface area (Å²) < 4.78 is 12.1. The van der Waals surface area contributed by atoms with Crippen LogP contribution in [-0.4, -0.2) is 46.6 Å². The summed E-state index contributed by atoms with van der Waals surface area (Å²) in [7, 11) is 0. The van der Waals surface area contributed by atoms with Gasteiger partial charge in [-0.1, -0.05) is 31.2 Å². The lowest BCUT2D eigenvalue weighted by Crippen LogP contribution is -2.40. The van der Waals surface area contributed by atoms with Crippen LogP contribution in [0.3, 0.4) is 0 Å². The molecule has 2 aliphatic rings. The Morgan fingerprint density at radius 3 is 2.65 bits per heavy atom. The molecule has 6 heteroatoms.